The van der Waals surface area contributed by atoms with Gasteiger partial charge in [-0.3, -0.25) is 4.55 Å². The van der Waals surface area contributed by atoms with E-state index >= 15 is 0 Å². The van der Waals surface area contributed by atoms with E-state index in [1.165, 1.54) is 23.3 Å². The highest BCUT2D eigenvalue weighted by Crippen LogP contribution is 1.87. The molecule has 0 spiro atoms. The van der Waals surface area contributed by atoms with Crippen molar-refractivity contribution in [3.05, 3.63) is 34.0 Å². The van der Waals surface area contributed by atoms with Gasteiger partial charge in [0.2, 0.25) is 0 Å². The highest BCUT2D eigenvalue weighted by Gasteiger charge is 2.13. The standard InChI is InChI=1S/C4H6N2O3S.NO3/c1-5-2-3-6(4-5)10(7,8)9;2-1(3)4/h2-4H,1H3;/q;-1/p+1. The van der Waals surface area contributed by atoms with Crippen LogP contribution < -0.4 is 4.57 Å². The minimum Gasteiger partial charge on any atom is -0.356 e. The molecular formula is C4H7N3O6S. The van der Waals surface area contributed by atoms with Crippen molar-refractivity contribution in [1.29, 1.82) is 0 Å². The lowest BCUT2D eigenvalue weighted by Gasteiger charge is -1.84. The van der Waals surface area contributed by atoms with E-state index in [1.54, 1.807) is 7.05 Å². The van der Waals surface area contributed by atoms with E-state index in [9.17, 15) is 8.42 Å². The summed E-state index contributed by atoms with van der Waals surface area (Å²) in [5.74, 6) is 0. The van der Waals surface area contributed by atoms with Gasteiger partial charge in [0.1, 0.15) is 12.4 Å². The minimum atomic E-state index is -4.09. The van der Waals surface area contributed by atoms with Crippen LogP contribution in [0.25, 0.3) is 0 Å². The Kier molecular flexibility index (Phi) is 3.98. The highest BCUT2D eigenvalue weighted by atomic mass is 32.2. The maximum absolute atomic E-state index is 10.4. The molecule has 0 amide bonds. The molecule has 0 saturated carbocycles. The van der Waals surface area contributed by atoms with Gasteiger partial charge in [-0.25, -0.2) is 4.57 Å². The van der Waals surface area contributed by atoms with E-state index in [0.29, 0.717) is 3.97 Å². The summed E-state index contributed by atoms with van der Waals surface area (Å²) in [5, 5.41) is 14.8. The molecule has 0 bridgehead atoms. The number of nitrogens with zero attached hydrogens (tertiary/aromatic N) is 3. The molecule has 1 aromatic heterocycles. The van der Waals surface area contributed by atoms with Crippen molar-refractivity contribution >= 4 is 10.3 Å². The Bertz CT molecular complexity index is 404. The van der Waals surface area contributed by atoms with Gasteiger partial charge < -0.3 is 15.3 Å². The lowest BCUT2D eigenvalue weighted by Crippen LogP contribution is -2.24. The van der Waals surface area contributed by atoms with Gasteiger partial charge in [0.05, 0.1) is 12.1 Å². The Morgan fingerprint density at radius 3 is 2.07 bits per heavy atom. The van der Waals surface area contributed by atoms with E-state index in [1.807, 2.05) is 0 Å². The first kappa shape index (κ1) is 12.3. The van der Waals surface area contributed by atoms with Crippen LogP contribution in [-0.2, 0) is 17.4 Å². The summed E-state index contributed by atoms with van der Waals surface area (Å²) in [7, 11) is -2.43. The van der Waals surface area contributed by atoms with E-state index < -0.39 is 15.4 Å². The van der Waals surface area contributed by atoms with Crippen LogP contribution in [0.2, 0.25) is 0 Å². The molecule has 10 heteroatoms. The largest absolute Gasteiger partial charge is 0.439 e. The van der Waals surface area contributed by atoms with Crippen LogP contribution in [0.3, 0.4) is 0 Å². The number of hydrogen-bond donors (Lipinski definition) is 1. The Morgan fingerprint density at radius 2 is 1.93 bits per heavy atom. The molecule has 1 heterocycles. The van der Waals surface area contributed by atoms with Crippen molar-refractivity contribution in [2.24, 2.45) is 7.05 Å². The third-order valence-corrected chi connectivity index (χ3v) is 1.76. The Balaban J connectivity index is 0.000000364. The second-order valence-electron chi connectivity index (χ2n) is 2.11. The summed E-state index contributed by atoms with van der Waals surface area (Å²) >= 11 is 0. The van der Waals surface area contributed by atoms with Gasteiger partial charge in [0, 0.05) is 0 Å². The Morgan fingerprint density at radius 1 is 1.50 bits per heavy atom. The lowest BCUT2D eigenvalue weighted by molar-refractivity contribution is -0.670. The van der Waals surface area contributed by atoms with Crippen molar-refractivity contribution < 1.29 is 22.6 Å². The molecule has 0 unspecified atom stereocenters. The van der Waals surface area contributed by atoms with Gasteiger partial charge >= 0.3 is 10.3 Å². The number of aryl methyl sites for hydroxylation is 1. The summed E-state index contributed by atoms with van der Waals surface area (Å²) in [4.78, 5) is 8.25. The summed E-state index contributed by atoms with van der Waals surface area (Å²) < 4.78 is 31.3. The number of aromatic nitrogens is 2. The van der Waals surface area contributed by atoms with Gasteiger partial charge in [0.25, 0.3) is 6.33 Å². The quantitative estimate of drug-likeness (QED) is 0.274. The maximum Gasteiger partial charge on any atom is 0.439 e. The minimum absolute atomic E-state index is 0.715. The van der Waals surface area contributed by atoms with Crippen LogP contribution in [-0.4, -0.2) is 22.0 Å². The fraction of sp³-hybridized carbons (Fsp3) is 0.250. The van der Waals surface area contributed by atoms with E-state index in [2.05, 4.69) is 0 Å². The van der Waals surface area contributed by atoms with Gasteiger partial charge in [-0.05, 0) is 0 Å². The van der Waals surface area contributed by atoms with Crippen molar-refractivity contribution in [2.75, 3.05) is 0 Å². The fourth-order valence-corrected chi connectivity index (χ4v) is 1.04. The molecule has 0 radical (unpaired) electrons. The highest BCUT2D eigenvalue weighted by molar-refractivity contribution is 7.84. The van der Waals surface area contributed by atoms with Crippen LogP contribution >= 0.6 is 0 Å². The Labute approximate surface area is 78.8 Å². The number of imidazole rings is 1. The monoisotopic (exact) mass is 225 g/mol. The third kappa shape index (κ3) is 5.05. The van der Waals surface area contributed by atoms with Crippen LogP contribution in [0.15, 0.2) is 18.7 Å². The van der Waals surface area contributed by atoms with Crippen LogP contribution in [0, 0.1) is 15.3 Å². The molecule has 1 aromatic rings. The normalized spacial score (nSPS) is 10.1. The van der Waals surface area contributed by atoms with E-state index in [-0.39, 0.29) is 0 Å². The summed E-state index contributed by atoms with van der Waals surface area (Å²) in [6, 6.07) is 0. The molecule has 0 aliphatic heterocycles. The summed E-state index contributed by atoms with van der Waals surface area (Å²) in [6.45, 7) is 0. The zero-order valence-electron chi connectivity index (χ0n) is 6.97. The molecule has 9 nitrogen and oxygen atoms in total. The number of hydrogen-bond acceptors (Lipinski definition) is 5. The SMILES string of the molecule is C[n+]1ccn(S(=O)(=O)O)c1.O=[N+]([O-])[O-]. The van der Waals surface area contributed by atoms with Crippen LogP contribution in [0.5, 0.6) is 0 Å². The summed E-state index contributed by atoms with van der Waals surface area (Å²) in [6.07, 6.45) is 4.00. The molecule has 1 rings (SSSR count). The molecule has 0 aliphatic rings. The van der Waals surface area contributed by atoms with Crippen molar-refractivity contribution in [3.63, 3.8) is 0 Å². The molecule has 0 fully saturated rings. The van der Waals surface area contributed by atoms with Crippen LogP contribution in [0.1, 0.15) is 0 Å². The molecule has 14 heavy (non-hydrogen) atoms. The molecule has 0 saturated heterocycles. The first-order valence-corrected chi connectivity index (χ1v) is 4.46. The van der Waals surface area contributed by atoms with Gasteiger partial charge in [0.15, 0.2) is 0 Å². The molecule has 0 aliphatic carbocycles. The topological polar surface area (TPSA) is 129 Å². The van der Waals surface area contributed by atoms with Crippen molar-refractivity contribution in [2.45, 2.75) is 0 Å². The maximum atomic E-state index is 10.4. The first-order chi connectivity index (χ1) is 6.23. The second kappa shape index (κ2) is 4.53. The van der Waals surface area contributed by atoms with Gasteiger partial charge in [-0.15, -0.1) is 3.97 Å². The average Bonchev–Trinajstić information content (AvgIpc) is 2.32. The lowest BCUT2D eigenvalue weighted by atomic mass is 10.9. The third-order valence-electron chi connectivity index (χ3n) is 1.01. The Hall–Kier alpha value is -1.68. The number of rotatable bonds is 1. The zero-order valence-corrected chi connectivity index (χ0v) is 7.79. The fourth-order valence-electron chi connectivity index (χ4n) is 0.564. The molecular weight excluding hydrogens is 218 g/mol. The van der Waals surface area contributed by atoms with E-state index in [0.717, 1.165) is 0 Å². The predicted molar refractivity (Wildman–Crippen MR) is 42.9 cm³/mol. The smallest absolute Gasteiger partial charge is 0.356 e. The molecule has 0 atom stereocenters. The molecule has 1 N–H and O–H groups in total. The van der Waals surface area contributed by atoms with Crippen molar-refractivity contribution in [3.8, 4) is 0 Å². The molecule has 0 aromatic carbocycles. The zero-order chi connectivity index (χ0) is 11.4. The van der Waals surface area contributed by atoms with Crippen LogP contribution in [0.4, 0.5) is 0 Å². The summed E-state index contributed by atoms with van der Waals surface area (Å²) in [5.41, 5.74) is 0. The van der Waals surface area contributed by atoms with Crippen molar-refractivity contribution in [1.82, 2.24) is 3.97 Å². The van der Waals surface area contributed by atoms with Gasteiger partial charge in [-0.2, -0.15) is 8.42 Å². The molecule has 80 valence electrons. The predicted octanol–water partition coefficient (Wildman–Crippen LogP) is -1.28. The second-order valence-corrected chi connectivity index (χ2v) is 3.43. The van der Waals surface area contributed by atoms with E-state index in [4.69, 9.17) is 19.9 Å². The first-order valence-electron chi connectivity index (χ1n) is 3.06. The van der Waals surface area contributed by atoms with Gasteiger partial charge in [-0.1, -0.05) is 0 Å². The average molecular weight is 225 g/mol.